The Bertz CT molecular complexity index is 555. The second kappa shape index (κ2) is 5.54. The van der Waals surface area contributed by atoms with E-state index in [1.165, 1.54) is 12.4 Å². The van der Waals surface area contributed by atoms with Crippen molar-refractivity contribution in [1.29, 1.82) is 0 Å². The number of nitrogens with one attached hydrogen (secondary N) is 1. The molecule has 0 aliphatic carbocycles. The Morgan fingerprint density at radius 2 is 2.28 bits per heavy atom. The number of hydrogen-bond acceptors (Lipinski definition) is 6. The summed E-state index contributed by atoms with van der Waals surface area (Å²) in [5.74, 6) is -0.622. The summed E-state index contributed by atoms with van der Waals surface area (Å²) in [6, 6.07) is 0. The quantitative estimate of drug-likeness (QED) is 0.852. The number of anilines is 1. The molecule has 0 amide bonds. The molecule has 0 unspecified atom stereocenters. The topological polar surface area (TPSA) is 88.0 Å². The summed E-state index contributed by atoms with van der Waals surface area (Å²) in [7, 11) is 0. The number of aromatic carboxylic acids is 1. The molecule has 0 aromatic carbocycles. The molecule has 2 N–H and O–H groups in total. The first kappa shape index (κ1) is 12.4. The normalized spacial score (nSPS) is 10.3. The van der Waals surface area contributed by atoms with Crippen molar-refractivity contribution in [3.63, 3.8) is 0 Å². The zero-order valence-corrected chi connectivity index (χ0v) is 10.6. The van der Waals surface area contributed by atoms with E-state index in [0.717, 1.165) is 17.1 Å². The van der Waals surface area contributed by atoms with Gasteiger partial charge in [-0.05, 0) is 6.92 Å². The minimum atomic E-state index is -1.08. The van der Waals surface area contributed by atoms with Gasteiger partial charge in [0.2, 0.25) is 0 Å². The van der Waals surface area contributed by atoms with Crippen LogP contribution in [0.15, 0.2) is 17.8 Å². The number of aryl methyl sites for hydroxylation is 1. The van der Waals surface area contributed by atoms with E-state index in [0.29, 0.717) is 12.4 Å². The molecule has 2 rings (SSSR count). The van der Waals surface area contributed by atoms with Crippen LogP contribution in [0, 0.1) is 6.92 Å². The second-order valence-corrected chi connectivity index (χ2v) is 4.69. The summed E-state index contributed by atoms with van der Waals surface area (Å²) in [5.41, 5.74) is 0.955. The van der Waals surface area contributed by atoms with Gasteiger partial charge >= 0.3 is 5.97 Å². The number of nitrogens with zero attached hydrogens (tertiary/aromatic N) is 3. The molecule has 6 nitrogen and oxygen atoms in total. The average molecular weight is 264 g/mol. The van der Waals surface area contributed by atoms with Crippen molar-refractivity contribution in [3.8, 4) is 0 Å². The lowest BCUT2D eigenvalue weighted by molar-refractivity contribution is 0.0690. The molecule has 2 aromatic rings. The maximum atomic E-state index is 10.7. The van der Waals surface area contributed by atoms with Crippen LogP contribution in [0.2, 0.25) is 0 Å². The van der Waals surface area contributed by atoms with Crippen LogP contribution in [-0.2, 0) is 6.42 Å². The van der Waals surface area contributed by atoms with Gasteiger partial charge in [-0.1, -0.05) is 0 Å². The standard InChI is InChI=1S/C11H12N4O2S/c1-7-14-8(6-18-7)2-3-13-10-5-12-4-9(15-10)11(16)17/h4-6H,2-3H2,1H3,(H,13,15)(H,16,17). The highest BCUT2D eigenvalue weighted by Crippen LogP contribution is 2.09. The fourth-order valence-electron chi connectivity index (χ4n) is 1.40. The molecule has 0 spiro atoms. The molecular formula is C11H12N4O2S. The molecule has 7 heteroatoms. The molecule has 2 heterocycles. The van der Waals surface area contributed by atoms with E-state index in [-0.39, 0.29) is 5.69 Å². The molecular weight excluding hydrogens is 252 g/mol. The first-order valence-corrected chi connectivity index (χ1v) is 6.23. The van der Waals surface area contributed by atoms with Crippen LogP contribution in [0.1, 0.15) is 21.2 Å². The Morgan fingerprint density at radius 3 is 2.94 bits per heavy atom. The van der Waals surface area contributed by atoms with Gasteiger partial charge in [0.15, 0.2) is 5.69 Å². The van der Waals surface area contributed by atoms with Gasteiger partial charge in [-0.15, -0.1) is 11.3 Å². The molecule has 0 aliphatic rings. The molecule has 0 aliphatic heterocycles. The van der Waals surface area contributed by atoms with Crippen molar-refractivity contribution >= 4 is 23.1 Å². The molecule has 94 valence electrons. The van der Waals surface area contributed by atoms with Crippen LogP contribution in [0.4, 0.5) is 5.82 Å². The van der Waals surface area contributed by atoms with Crippen LogP contribution in [0.5, 0.6) is 0 Å². The largest absolute Gasteiger partial charge is 0.476 e. The van der Waals surface area contributed by atoms with Crippen molar-refractivity contribution in [2.24, 2.45) is 0 Å². The van der Waals surface area contributed by atoms with Gasteiger partial charge in [0.25, 0.3) is 0 Å². The monoisotopic (exact) mass is 264 g/mol. The SMILES string of the molecule is Cc1nc(CCNc2cncc(C(=O)O)n2)cs1. The van der Waals surface area contributed by atoms with Gasteiger partial charge in [-0.25, -0.2) is 14.8 Å². The van der Waals surface area contributed by atoms with E-state index in [9.17, 15) is 4.79 Å². The first-order chi connectivity index (χ1) is 8.65. The van der Waals surface area contributed by atoms with Crippen LogP contribution in [0.25, 0.3) is 0 Å². The average Bonchev–Trinajstić information content (AvgIpc) is 2.75. The second-order valence-electron chi connectivity index (χ2n) is 3.63. The van der Waals surface area contributed by atoms with E-state index in [1.54, 1.807) is 11.3 Å². The van der Waals surface area contributed by atoms with E-state index < -0.39 is 5.97 Å². The third-order valence-corrected chi connectivity index (χ3v) is 3.03. The minimum Gasteiger partial charge on any atom is -0.476 e. The predicted octanol–water partition coefficient (Wildman–Crippen LogP) is 1.59. The van der Waals surface area contributed by atoms with Gasteiger partial charge < -0.3 is 10.4 Å². The Kier molecular flexibility index (Phi) is 3.83. The van der Waals surface area contributed by atoms with Crippen molar-refractivity contribution in [2.45, 2.75) is 13.3 Å². The number of rotatable bonds is 5. The zero-order chi connectivity index (χ0) is 13.0. The minimum absolute atomic E-state index is 0.0653. The smallest absolute Gasteiger partial charge is 0.356 e. The third kappa shape index (κ3) is 3.24. The lowest BCUT2D eigenvalue weighted by atomic mass is 10.3. The molecule has 0 fully saturated rings. The molecule has 2 aromatic heterocycles. The Balaban J connectivity index is 1.90. The molecule has 0 atom stereocenters. The summed E-state index contributed by atoms with van der Waals surface area (Å²) >= 11 is 1.61. The Morgan fingerprint density at radius 1 is 1.44 bits per heavy atom. The van der Waals surface area contributed by atoms with Gasteiger partial charge in [-0.3, -0.25) is 4.98 Å². The van der Waals surface area contributed by atoms with Crippen LogP contribution < -0.4 is 5.32 Å². The fourth-order valence-corrected chi connectivity index (χ4v) is 2.04. The highest BCUT2D eigenvalue weighted by atomic mass is 32.1. The highest BCUT2D eigenvalue weighted by molar-refractivity contribution is 7.09. The number of carboxylic acids is 1. The number of hydrogen-bond donors (Lipinski definition) is 2. The van der Waals surface area contributed by atoms with E-state index in [1.807, 2.05) is 12.3 Å². The molecule has 0 bridgehead atoms. The number of thiazole rings is 1. The summed E-state index contributed by atoms with van der Waals surface area (Å²) < 4.78 is 0. The summed E-state index contributed by atoms with van der Waals surface area (Å²) in [6.45, 7) is 2.60. The van der Waals surface area contributed by atoms with Crippen molar-refractivity contribution in [1.82, 2.24) is 15.0 Å². The Hall–Kier alpha value is -2.02. The predicted molar refractivity (Wildman–Crippen MR) is 68.0 cm³/mol. The zero-order valence-electron chi connectivity index (χ0n) is 9.75. The van der Waals surface area contributed by atoms with Gasteiger partial charge in [-0.2, -0.15) is 0 Å². The molecule has 0 saturated heterocycles. The van der Waals surface area contributed by atoms with Gasteiger partial charge in [0.1, 0.15) is 5.82 Å². The van der Waals surface area contributed by atoms with Crippen molar-refractivity contribution < 1.29 is 9.90 Å². The van der Waals surface area contributed by atoms with Crippen molar-refractivity contribution in [2.75, 3.05) is 11.9 Å². The highest BCUT2D eigenvalue weighted by Gasteiger charge is 2.05. The van der Waals surface area contributed by atoms with Crippen molar-refractivity contribution in [3.05, 3.63) is 34.2 Å². The van der Waals surface area contributed by atoms with Crippen LogP contribution >= 0.6 is 11.3 Å². The number of carbonyl (C=O) groups is 1. The lowest BCUT2D eigenvalue weighted by Gasteiger charge is -2.04. The first-order valence-electron chi connectivity index (χ1n) is 5.35. The van der Waals surface area contributed by atoms with Crippen LogP contribution in [-0.4, -0.2) is 32.6 Å². The summed E-state index contributed by atoms with van der Waals surface area (Å²) in [6.07, 6.45) is 3.49. The molecule has 0 saturated carbocycles. The molecule has 18 heavy (non-hydrogen) atoms. The maximum absolute atomic E-state index is 10.7. The third-order valence-electron chi connectivity index (χ3n) is 2.21. The number of carboxylic acid groups (broad SMARTS) is 1. The van der Waals surface area contributed by atoms with E-state index >= 15 is 0 Å². The van der Waals surface area contributed by atoms with Crippen LogP contribution in [0.3, 0.4) is 0 Å². The summed E-state index contributed by atoms with van der Waals surface area (Å²) in [4.78, 5) is 22.8. The number of aromatic nitrogens is 3. The summed E-state index contributed by atoms with van der Waals surface area (Å²) in [5, 5.41) is 14.9. The van der Waals surface area contributed by atoms with Gasteiger partial charge in [0, 0.05) is 18.3 Å². The van der Waals surface area contributed by atoms with E-state index in [2.05, 4.69) is 20.3 Å². The molecule has 0 radical (unpaired) electrons. The maximum Gasteiger partial charge on any atom is 0.356 e. The Labute approximate surface area is 108 Å². The fraction of sp³-hybridized carbons (Fsp3) is 0.273. The lowest BCUT2D eigenvalue weighted by Crippen LogP contribution is -2.09. The van der Waals surface area contributed by atoms with Gasteiger partial charge in [0.05, 0.1) is 23.1 Å². The van der Waals surface area contributed by atoms with E-state index in [4.69, 9.17) is 5.11 Å².